The van der Waals surface area contributed by atoms with Gasteiger partial charge in [-0.05, 0) is 43.0 Å². The number of ether oxygens (including phenoxy) is 1. The molecule has 0 radical (unpaired) electrons. The molecule has 4 nitrogen and oxygen atoms in total. The molecule has 1 aromatic carbocycles. The summed E-state index contributed by atoms with van der Waals surface area (Å²) in [6.07, 6.45) is 0.894. The number of aryl methyl sites for hydroxylation is 1. The van der Waals surface area contributed by atoms with Gasteiger partial charge in [0, 0.05) is 0 Å². The van der Waals surface area contributed by atoms with Crippen molar-refractivity contribution in [3.63, 3.8) is 0 Å². The van der Waals surface area contributed by atoms with Crippen LogP contribution in [0.3, 0.4) is 0 Å². The van der Waals surface area contributed by atoms with Crippen molar-refractivity contribution in [1.29, 1.82) is 0 Å². The number of carbonyl (C=O) groups is 1. The van der Waals surface area contributed by atoms with Gasteiger partial charge in [-0.25, -0.2) is 0 Å². The van der Waals surface area contributed by atoms with Gasteiger partial charge in [0.05, 0.1) is 0 Å². The standard InChI is InChI=1S/C16H25NO3/c1-5-8-17-14(16(18)19)10-20-15-9-12(4)6-7-13(15)11(2)3/h6-7,9,11,14,17H,5,8,10H2,1-4H3,(H,18,19). The first-order valence-electron chi connectivity index (χ1n) is 7.15. The zero-order valence-electron chi connectivity index (χ0n) is 12.8. The van der Waals surface area contributed by atoms with E-state index in [0.717, 1.165) is 23.3 Å². The zero-order valence-corrected chi connectivity index (χ0v) is 12.8. The summed E-state index contributed by atoms with van der Waals surface area (Å²) in [5.74, 6) is 0.249. The highest BCUT2D eigenvalue weighted by molar-refractivity contribution is 5.73. The van der Waals surface area contributed by atoms with E-state index in [0.29, 0.717) is 12.5 Å². The second-order valence-electron chi connectivity index (χ2n) is 5.35. The molecule has 0 bridgehead atoms. The van der Waals surface area contributed by atoms with Gasteiger partial charge in [0.25, 0.3) is 0 Å². The van der Waals surface area contributed by atoms with Crippen molar-refractivity contribution in [3.8, 4) is 5.75 Å². The van der Waals surface area contributed by atoms with Crippen molar-refractivity contribution in [2.24, 2.45) is 0 Å². The van der Waals surface area contributed by atoms with E-state index in [2.05, 4.69) is 19.2 Å². The normalized spacial score (nSPS) is 12.4. The van der Waals surface area contributed by atoms with Crippen LogP contribution in [0.2, 0.25) is 0 Å². The molecule has 1 aromatic rings. The molecule has 0 fully saturated rings. The van der Waals surface area contributed by atoms with Gasteiger partial charge >= 0.3 is 5.97 Å². The van der Waals surface area contributed by atoms with Gasteiger partial charge in [-0.3, -0.25) is 4.79 Å². The van der Waals surface area contributed by atoms with Crippen molar-refractivity contribution in [1.82, 2.24) is 5.32 Å². The Morgan fingerprint density at radius 1 is 1.40 bits per heavy atom. The van der Waals surface area contributed by atoms with E-state index in [-0.39, 0.29) is 6.61 Å². The van der Waals surface area contributed by atoms with Crippen LogP contribution in [0.25, 0.3) is 0 Å². The van der Waals surface area contributed by atoms with E-state index in [1.807, 2.05) is 32.0 Å². The van der Waals surface area contributed by atoms with Gasteiger partial charge in [0.1, 0.15) is 18.4 Å². The molecule has 0 heterocycles. The smallest absolute Gasteiger partial charge is 0.324 e. The minimum atomic E-state index is -0.878. The Kier molecular flexibility index (Phi) is 6.52. The van der Waals surface area contributed by atoms with Gasteiger partial charge in [-0.2, -0.15) is 0 Å². The lowest BCUT2D eigenvalue weighted by molar-refractivity contribution is -0.140. The fourth-order valence-electron chi connectivity index (χ4n) is 1.95. The Labute approximate surface area is 121 Å². The van der Waals surface area contributed by atoms with Crippen LogP contribution >= 0.6 is 0 Å². The van der Waals surface area contributed by atoms with Gasteiger partial charge in [0.2, 0.25) is 0 Å². The lowest BCUT2D eigenvalue weighted by Crippen LogP contribution is -2.41. The van der Waals surface area contributed by atoms with Gasteiger partial charge < -0.3 is 15.2 Å². The van der Waals surface area contributed by atoms with Gasteiger partial charge in [0.15, 0.2) is 0 Å². The Balaban J connectivity index is 2.76. The molecule has 112 valence electrons. The van der Waals surface area contributed by atoms with E-state index in [1.54, 1.807) is 0 Å². The van der Waals surface area contributed by atoms with E-state index >= 15 is 0 Å². The summed E-state index contributed by atoms with van der Waals surface area (Å²) in [5.41, 5.74) is 2.22. The predicted octanol–water partition coefficient (Wildman–Crippen LogP) is 2.95. The molecule has 1 unspecified atom stereocenters. The number of hydrogen-bond acceptors (Lipinski definition) is 3. The highest BCUT2D eigenvalue weighted by Crippen LogP contribution is 2.27. The highest BCUT2D eigenvalue weighted by atomic mass is 16.5. The fourth-order valence-corrected chi connectivity index (χ4v) is 1.95. The minimum absolute atomic E-state index is 0.137. The Bertz CT molecular complexity index is 443. The molecule has 1 rings (SSSR count). The summed E-state index contributed by atoms with van der Waals surface area (Å²) in [6, 6.07) is 5.39. The van der Waals surface area contributed by atoms with E-state index in [4.69, 9.17) is 9.84 Å². The number of hydrogen-bond donors (Lipinski definition) is 2. The molecule has 0 aliphatic rings. The van der Waals surface area contributed by atoms with Crippen molar-refractivity contribution in [2.45, 2.75) is 46.1 Å². The molecule has 0 saturated carbocycles. The van der Waals surface area contributed by atoms with Crippen LogP contribution in [-0.4, -0.2) is 30.3 Å². The first-order valence-corrected chi connectivity index (χ1v) is 7.15. The molecule has 2 N–H and O–H groups in total. The lowest BCUT2D eigenvalue weighted by Gasteiger charge is -2.18. The third-order valence-electron chi connectivity index (χ3n) is 3.14. The number of aliphatic carboxylic acids is 1. The van der Waals surface area contributed by atoms with Crippen LogP contribution in [0.5, 0.6) is 5.75 Å². The molecule has 20 heavy (non-hydrogen) atoms. The first-order chi connectivity index (χ1) is 9.45. The third-order valence-corrected chi connectivity index (χ3v) is 3.14. The van der Waals surface area contributed by atoms with Crippen molar-refractivity contribution >= 4 is 5.97 Å². The number of benzene rings is 1. The first kappa shape index (κ1) is 16.5. The monoisotopic (exact) mass is 279 g/mol. The molecule has 1 atom stereocenters. The molecular formula is C16H25NO3. The third kappa shape index (κ3) is 4.85. The summed E-state index contributed by atoms with van der Waals surface area (Å²) >= 11 is 0. The van der Waals surface area contributed by atoms with Crippen LogP contribution in [0, 0.1) is 6.92 Å². The summed E-state index contributed by atoms with van der Waals surface area (Å²) in [6.45, 7) is 9.01. The molecule has 0 amide bonds. The summed E-state index contributed by atoms with van der Waals surface area (Å²) < 4.78 is 5.76. The second-order valence-corrected chi connectivity index (χ2v) is 5.35. The molecule has 0 aliphatic heterocycles. The zero-order chi connectivity index (χ0) is 15.1. The van der Waals surface area contributed by atoms with Crippen LogP contribution in [0.4, 0.5) is 0 Å². The fraction of sp³-hybridized carbons (Fsp3) is 0.562. The van der Waals surface area contributed by atoms with Crippen LogP contribution in [0.1, 0.15) is 44.2 Å². The molecule has 0 spiro atoms. The van der Waals surface area contributed by atoms with E-state index in [1.165, 1.54) is 0 Å². The maximum absolute atomic E-state index is 11.2. The predicted molar refractivity (Wildman–Crippen MR) is 80.5 cm³/mol. The molecule has 0 saturated heterocycles. The van der Waals surface area contributed by atoms with E-state index < -0.39 is 12.0 Å². The van der Waals surface area contributed by atoms with Crippen LogP contribution < -0.4 is 10.1 Å². The van der Waals surface area contributed by atoms with Gasteiger partial charge in [-0.1, -0.05) is 32.9 Å². The number of carboxylic acids is 1. The average molecular weight is 279 g/mol. The Morgan fingerprint density at radius 2 is 2.10 bits per heavy atom. The minimum Gasteiger partial charge on any atom is -0.491 e. The van der Waals surface area contributed by atoms with Crippen molar-refractivity contribution in [3.05, 3.63) is 29.3 Å². The SMILES string of the molecule is CCCNC(COc1cc(C)ccc1C(C)C)C(=O)O. The topological polar surface area (TPSA) is 58.6 Å². The number of carboxylic acid groups (broad SMARTS) is 1. The Morgan fingerprint density at radius 3 is 2.65 bits per heavy atom. The van der Waals surface area contributed by atoms with E-state index in [9.17, 15) is 4.79 Å². The quantitative estimate of drug-likeness (QED) is 0.768. The Hall–Kier alpha value is -1.55. The van der Waals surface area contributed by atoms with Gasteiger partial charge in [-0.15, -0.1) is 0 Å². The highest BCUT2D eigenvalue weighted by Gasteiger charge is 2.18. The summed E-state index contributed by atoms with van der Waals surface area (Å²) in [5, 5.41) is 12.1. The molecule has 0 aliphatic carbocycles. The van der Waals surface area contributed by atoms with Crippen LogP contribution in [-0.2, 0) is 4.79 Å². The largest absolute Gasteiger partial charge is 0.491 e. The van der Waals surface area contributed by atoms with Crippen molar-refractivity contribution in [2.75, 3.05) is 13.2 Å². The maximum Gasteiger partial charge on any atom is 0.324 e. The maximum atomic E-state index is 11.2. The molecule has 4 heteroatoms. The van der Waals surface area contributed by atoms with Crippen molar-refractivity contribution < 1.29 is 14.6 Å². The molecular weight excluding hydrogens is 254 g/mol. The number of nitrogens with one attached hydrogen (secondary N) is 1. The lowest BCUT2D eigenvalue weighted by atomic mass is 10.0. The number of rotatable bonds is 8. The van der Waals surface area contributed by atoms with Crippen LogP contribution in [0.15, 0.2) is 18.2 Å². The average Bonchev–Trinajstić information content (AvgIpc) is 2.38. The second kappa shape index (κ2) is 7.90. The molecule has 0 aromatic heterocycles. The summed E-state index contributed by atoms with van der Waals surface area (Å²) in [4.78, 5) is 11.2. The summed E-state index contributed by atoms with van der Waals surface area (Å²) in [7, 11) is 0.